The maximum absolute atomic E-state index is 11.7. The van der Waals surface area contributed by atoms with Crippen molar-refractivity contribution in [2.24, 2.45) is 0 Å². The lowest BCUT2D eigenvalue weighted by atomic mass is 10.1. The van der Waals surface area contributed by atoms with Crippen molar-refractivity contribution in [1.82, 2.24) is 5.32 Å². The van der Waals surface area contributed by atoms with E-state index < -0.39 is 0 Å². The first-order valence-electron chi connectivity index (χ1n) is 6.67. The molecule has 1 fully saturated rings. The SMILES string of the molecule is Cc1ccc(OCCC(=O)NC2(CO)CC2)cc1C. The van der Waals surface area contributed by atoms with Gasteiger partial charge in [-0.3, -0.25) is 4.79 Å². The van der Waals surface area contributed by atoms with Gasteiger partial charge in [0.2, 0.25) is 5.91 Å². The molecule has 2 rings (SSSR count). The first-order chi connectivity index (χ1) is 9.04. The Labute approximate surface area is 113 Å². The minimum Gasteiger partial charge on any atom is -0.493 e. The largest absolute Gasteiger partial charge is 0.493 e. The van der Waals surface area contributed by atoms with Gasteiger partial charge in [0, 0.05) is 0 Å². The summed E-state index contributed by atoms with van der Waals surface area (Å²) in [5.74, 6) is 0.731. The lowest BCUT2D eigenvalue weighted by molar-refractivity contribution is -0.122. The molecular weight excluding hydrogens is 242 g/mol. The molecule has 0 aliphatic heterocycles. The molecule has 1 aromatic carbocycles. The molecule has 0 radical (unpaired) electrons. The van der Waals surface area contributed by atoms with E-state index in [1.807, 2.05) is 25.1 Å². The zero-order valence-electron chi connectivity index (χ0n) is 11.5. The fourth-order valence-electron chi connectivity index (χ4n) is 1.90. The van der Waals surface area contributed by atoms with Crippen molar-refractivity contribution in [3.8, 4) is 5.75 Å². The van der Waals surface area contributed by atoms with Crippen LogP contribution in [0.1, 0.15) is 30.4 Å². The summed E-state index contributed by atoms with van der Waals surface area (Å²) in [7, 11) is 0. The topological polar surface area (TPSA) is 58.6 Å². The van der Waals surface area contributed by atoms with Crippen LogP contribution < -0.4 is 10.1 Å². The van der Waals surface area contributed by atoms with Crippen molar-refractivity contribution < 1.29 is 14.6 Å². The molecule has 1 saturated carbocycles. The molecule has 0 unspecified atom stereocenters. The van der Waals surface area contributed by atoms with Crippen molar-refractivity contribution in [3.63, 3.8) is 0 Å². The summed E-state index contributed by atoms with van der Waals surface area (Å²) in [6, 6.07) is 5.90. The normalized spacial score (nSPS) is 15.9. The van der Waals surface area contributed by atoms with Crippen LogP contribution in [0.15, 0.2) is 18.2 Å². The molecule has 1 aromatic rings. The summed E-state index contributed by atoms with van der Waals surface area (Å²) in [6.07, 6.45) is 2.05. The fourth-order valence-corrected chi connectivity index (χ4v) is 1.90. The highest BCUT2D eigenvalue weighted by Crippen LogP contribution is 2.34. The third-order valence-electron chi connectivity index (χ3n) is 3.64. The Morgan fingerprint density at radius 1 is 1.37 bits per heavy atom. The first kappa shape index (κ1) is 13.9. The molecule has 0 heterocycles. The highest BCUT2D eigenvalue weighted by molar-refractivity contribution is 5.77. The van der Waals surface area contributed by atoms with Crippen LogP contribution in [-0.2, 0) is 4.79 Å². The summed E-state index contributed by atoms with van der Waals surface area (Å²) >= 11 is 0. The van der Waals surface area contributed by atoms with Crippen molar-refractivity contribution in [1.29, 1.82) is 0 Å². The number of aryl methyl sites for hydroxylation is 2. The van der Waals surface area contributed by atoms with Gasteiger partial charge in [0.25, 0.3) is 0 Å². The monoisotopic (exact) mass is 263 g/mol. The number of aliphatic hydroxyl groups excluding tert-OH is 1. The number of nitrogens with one attached hydrogen (secondary N) is 1. The van der Waals surface area contributed by atoms with E-state index in [4.69, 9.17) is 9.84 Å². The molecule has 1 aliphatic rings. The zero-order chi connectivity index (χ0) is 13.9. The number of benzene rings is 1. The number of amides is 1. The van der Waals surface area contributed by atoms with Gasteiger partial charge < -0.3 is 15.2 Å². The van der Waals surface area contributed by atoms with Gasteiger partial charge >= 0.3 is 0 Å². The molecule has 0 atom stereocenters. The van der Waals surface area contributed by atoms with E-state index in [1.165, 1.54) is 11.1 Å². The molecule has 4 nitrogen and oxygen atoms in total. The van der Waals surface area contributed by atoms with Gasteiger partial charge in [-0.25, -0.2) is 0 Å². The molecule has 0 bridgehead atoms. The third kappa shape index (κ3) is 3.70. The van der Waals surface area contributed by atoms with E-state index in [0.717, 1.165) is 18.6 Å². The van der Waals surface area contributed by atoms with Gasteiger partial charge in [0.15, 0.2) is 0 Å². The number of carbonyl (C=O) groups is 1. The van der Waals surface area contributed by atoms with Crippen molar-refractivity contribution in [3.05, 3.63) is 29.3 Å². The van der Waals surface area contributed by atoms with Gasteiger partial charge in [0.1, 0.15) is 5.75 Å². The standard InChI is InChI=1S/C15H21NO3/c1-11-3-4-13(9-12(11)2)19-8-5-14(18)16-15(10-17)6-7-15/h3-4,9,17H,5-8,10H2,1-2H3,(H,16,18). The Hall–Kier alpha value is -1.55. The number of hydrogen-bond donors (Lipinski definition) is 2. The maximum atomic E-state index is 11.7. The number of rotatable bonds is 6. The summed E-state index contributed by atoms with van der Waals surface area (Å²) in [6.45, 7) is 4.47. The Morgan fingerprint density at radius 3 is 2.68 bits per heavy atom. The molecule has 4 heteroatoms. The Balaban J connectivity index is 1.74. The van der Waals surface area contributed by atoms with E-state index in [1.54, 1.807) is 0 Å². The second-order valence-electron chi connectivity index (χ2n) is 5.33. The van der Waals surface area contributed by atoms with Gasteiger partial charge in [-0.1, -0.05) is 6.07 Å². The van der Waals surface area contributed by atoms with Crippen LogP contribution in [0.2, 0.25) is 0 Å². The minimum atomic E-state index is -0.336. The predicted molar refractivity (Wildman–Crippen MR) is 73.2 cm³/mol. The molecule has 1 amide bonds. The van der Waals surface area contributed by atoms with E-state index in [2.05, 4.69) is 12.2 Å². The average molecular weight is 263 g/mol. The molecule has 104 valence electrons. The van der Waals surface area contributed by atoms with E-state index in [9.17, 15) is 4.79 Å². The van der Waals surface area contributed by atoms with Crippen LogP contribution in [0.5, 0.6) is 5.75 Å². The summed E-state index contributed by atoms with van der Waals surface area (Å²) in [5.41, 5.74) is 2.07. The van der Waals surface area contributed by atoms with E-state index >= 15 is 0 Å². The van der Waals surface area contributed by atoms with Crippen molar-refractivity contribution >= 4 is 5.91 Å². The lowest BCUT2D eigenvalue weighted by Gasteiger charge is -2.14. The highest BCUT2D eigenvalue weighted by atomic mass is 16.5. The second-order valence-corrected chi connectivity index (χ2v) is 5.33. The third-order valence-corrected chi connectivity index (χ3v) is 3.64. The summed E-state index contributed by atoms with van der Waals surface area (Å²) in [4.78, 5) is 11.7. The summed E-state index contributed by atoms with van der Waals surface area (Å²) < 4.78 is 5.56. The van der Waals surface area contributed by atoms with Crippen LogP contribution in [0.3, 0.4) is 0 Å². The van der Waals surface area contributed by atoms with Crippen LogP contribution >= 0.6 is 0 Å². The average Bonchev–Trinajstić information content (AvgIpc) is 3.14. The second kappa shape index (κ2) is 5.61. The van der Waals surface area contributed by atoms with Gasteiger partial charge in [-0.05, 0) is 49.9 Å². The smallest absolute Gasteiger partial charge is 0.223 e. The Morgan fingerprint density at radius 2 is 2.11 bits per heavy atom. The molecule has 0 spiro atoms. The Bertz CT molecular complexity index is 466. The molecule has 2 N–H and O–H groups in total. The van der Waals surface area contributed by atoms with Crippen LogP contribution in [0.25, 0.3) is 0 Å². The number of ether oxygens (including phenoxy) is 1. The highest BCUT2D eigenvalue weighted by Gasteiger charge is 2.43. The molecule has 0 saturated heterocycles. The molecule has 19 heavy (non-hydrogen) atoms. The van der Waals surface area contributed by atoms with Crippen LogP contribution in [-0.4, -0.2) is 29.8 Å². The van der Waals surface area contributed by atoms with Crippen molar-refractivity contribution in [2.75, 3.05) is 13.2 Å². The van der Waals surface area contributed by atoms with E-state index in [-0.39, 0.29) is 18.1 Å². The van der Waals surface area contributed by atoms with Crippen molar-refractivity contribution in [2.45, 2.75) is 38.6 Å². The lowest BCUT2D eigenvalue weighted by Crippen LogP contribution is -2.40. The predicted octanol–water partition coefficient (Wildman–Crippen LogP) is 1.71. The first-order valence-corrected chi connectivity index (χ1v) is 6.67. The number of hydrogen-bond acceptors (Lipinski definition) is 3. The van der Waals surface area contributed by atoms with Gasteiger partial charge in [0.05, 0.1) is 25.2 Å². The molecule has 1 aliphatic carbocycles. The summed E-state index contributed by atoms with van der Waals surface area (Å²) in [5, 5.41) is 12.0. The van der Waals surface area contributed by atoms with Gasteiger partial charge in [-0.2, -0.15) is 0 Å². The fraction of sp³-hybridized carbons (Fsp3) is 0.533. The van der Waals surface area contributed by atoms with Crippen LogP contribution in [0.4, 0.5) is 0 Å². The number of carbonyl (C=O) groups excluding carboxylic acids is 1. The Kier molecular flexibility index (Phi) is 4.10. The molecular formula is C15H21NO3. The van der Waals surface area contributed by atoms with E-state index in [0.29, 0.717) is 13.0 Å². The maximum Gasteiger partial charge on any atom is 0.223 e. The minimum absolute atomic E-state index is 0.0246. The molecule has 0 aromatic heterocycles. The van der Waals surface area contributed by atoms with Crippen LogP contribution in [0, 0.1) is 13.8 Å². The van der Waals surface area contributed by atoms with Gasteiger partial charge in [-0.15, -0.1) is 0 Å². The number of aliphatic hydroxyl groups is 1. The quantitative estimate of drug-likeness (QED) is 0.821. The zero-order valence-corrected chi connectivity index (χ0v) is 11.5.